The molecule has 0 radical (unpaired) electrons. The van der Waals surface area contributed by atoms with E-state index in [0.717, 1.165) is 31.6 Å². The zero-order chi connectivity index (χ0) is 14.7. The first kappa shape index (κ1) is 14.8. The summed E-state index contributed by atoms with van der Waals surface area (Å²) in [6.07, 6.45) is 3.37. The van der Waals surface area contributed by atoms with Crippen LogP contribution in [0.5, 0.6) is 0 Å². The molecule has 110 valence electrons. The largest absolute Gasteiger partial charge is 0.338 e. The van der Waals surface area contributed by atoms with E-state index in [1.807, 2.05) is 11.8 Å². The second-order valence-corrected chi connectivity index (χ2v) is 6.27. The summed E-state index contributed by atoms with van der Waals surface area (Å²) in [7, 11) is 0. The second-order valence-electron chi connectivity index (χ2n) is 6.27. The Hall–Kier alpha value is -1.58. The van der Waals surface area contributed by atoms with Crippen LogP contribution in [0.25, 0.3) is 0 Å². The molecular weight excluding hydrogens is 252 g/mol. The lowest BCUT2D eigenvalue weighted by molar-refractivity contribution is 0.0657. The molecule has 1 fully saturated rings. The van der Waals surface area contributed by atoms with Crippen LogP contribution in [0.15, 0.2) is 16.9 Å². The number of carbonyl (C=O) groups is 1. The minimum absolute atomic E-state index is 0.125. The van der Waals surface area contributed by atoms with Crippen molar-refractivity contribution in [2.24, 2.45) is 11.8 Å². The number of pyridine rings is 1. The van der Waals surface area contributed by atoms with Gasteiger partial charge in [0, 0.05) is 18.8 Å². The molecule has 0 spiro atoms. The Kier molecular flexibility index (Phi) is 4.63. The molecule has 4 nitrogen and oxygen atoms in total. The molecule has 0 aromatic carbocycles. The molecule has 4 heteroatoms. The van der Waals surface area contributed by atoms with Gasteiger partial charge >= 0.3 is 0 Å². The van der Waals surface area contributed by atoms with Crippen molar-refractivity contribution in [3.8, 4) is 0 Å². The van der Waals surface area contributed by atoms with E-state index in [1.54, 1.807) is 12.1 Å². The highest BCUT2D eigenvalue weighted by molar-refractivity contribution is 5.93. The first-order valence-corrected chi connectivity index (χ1v) is 7.46. The smallest absolute Gasteiger partial charge is 0.260 e. The SMILES string of the molecule is Cc1ccc(C(=O)N2CCCC(CC(C)C)C2)c(=O)[nH]1. The minimum atomic E-state index is -0.277. The fraction of sp³-hybridized carbons (Fsp3) is 0.625. The fourth-order valence-electron chi connectivity index (χ4n) is 3.02. The number of nitrogens with one attached hydrogen (secondary N) is 1. The van der Waals surface area contributed by atoms with Gasteiger partial charge in [-0.2, -0.15) is 0 Å². The summed E-state index contributed by atoms with van der Waals surface area (Å²) in [6, 6.07) is 3.42. The Bertz CT molecular complexity index is 534. The molecule has 0 saturated carbocycles. The predicted octanol–water partition coefficient (Wildman–Crippen LogP) is 2.58. The standard InChI is InChI=1S/C16H24N2O2/c1-11(2)9-13-5-4-8-18(10-13)16(20)14-7-6-12(3)17-15(14)19/h6-7,11,13H,4-5,8-10H2,1-3H3,(H,17,19). The fourth-order valence-corrected chi connectivity index (χ4v) is 3.02. The quantitative estimate of drug-likeness (QED) is 0.922. The zero-order valence-electron chi connectivity index (χ0n) is 12.6. The first-order chi connectivity index (χ1) is 9.47. The van der Waals surface area contributed by atoms with Crippen LogP contribution in [0.4, 0.5) is 0 Å². The number of hydrogen-bond donors (Lipinski definition) is 1. The Morgan fingerprint density at radius 1 is 1.45 bits per heavy atom. The van der Waals surface area contributed by atoms with Gasteiger partial charge in [0.15, 0.2) is 0 Å². The van der Waals surface area contributed by atoms with Gasteiger partial charge in [0.1, 0.15) is 5.56 Å². The van der Waals surface area contributed by atoms with Crippen molar-refractivity contribution in [2.75, 3.05) is 13.1 Å². The van der Waals surface area contributed by atoms with Crippen LogP contribution in [-0.4, -0.2) is 28.9 Å². The van der Waals surface area contributed by atoms with E-state index in [2.05, 4.69) is 18.8 Å². The van der Waals surface area contributed by atoms with E-state index in [-0.39, 0.29) is 17.0 Å². The molecule has 1 N–H and O–H groups in total. The van der Waals surface area contributed by atoms with Crippen LogP contribution in [0.3, 0.4) is 0 Å². The first-order valence-electron chi connectivity index (χ1n) is 7.46. The summed E-state index contributed by atoms with van der Waals surface area (Å²) >= 11 is 0. The van der Waals surface area contributed by atoms with Gasteiger partial charge in [-0.15, -0.1) is 0 Å². The van der Waals surface area contributed by atoms with E-state index < -0.39 is 0 Å². The Morgan fingerprint density at radius 3 is 2.85 bits per heavy atom. The zero-order valence-corrected chi connectivity index (χ0v) is 12.6. The van der Waals surface area contributed by atoms with Gasteiger partial charge in [0.2, 0.25) is 0 Å². The molecule has 0 aliphatic carbocycles. The van der Waals surface area contributed by atoms with E-state index >= 15 is 0 Å². The minimum Gasteiger partial charge on any atom is -0.338 e. The number of aromatic nitrogens is 1. The summed E-state index contributed by atoms with van der Waals surface area (Å²) in [4.78, 5) is 28.9. The number of piperidine rings is 1. The van der Waals surface area contributed by atoms with Crippen molar-refractivity contribution in [2.45, 2.75) is 40.0 Å². The van der Waals surface area contributed by atoms with Crippen LogP contribution in [0.1, 0.15) is 49.2 Å². The molecule has 2 rings (SSSR count). The van der Waals surface area contributed by atoms with Crippen LogP contribution in [0, 0.1) is 18.8 Å². The van der Waals surface area contributed by atoms with Crippen molar-refractivity contribution in [1.29, 1.82) is 0 Å². The summed E-state index contributed by atoms with van der Waals surface area (Å²) in [5.74, 6) is 1.09. The lowest BCUT2D eigenvalue weighted by atomic mass is 9.89. The summed E-state index contributed by atoms with van der Waals surface area (Å²) in [5.41, 5.74) is 0.768. The maximum Gasteiger partial charge on any atom is 0.260 e. The monoisotopic (exact) mass is 276 g/mol. The number of likely N-dealkylation sites (tertiary alicyclic amines) is 1. The average Bonchev–Trinajstić information content (AvgIpc) is 2.37. The van der Waals surface area contributed by atoms with Gasteiger partial charge in [-0.3, -0.25) is 9.59 Å². The number of aromatic amines is 1. The molecule has 1 aliphatic heterocycles. The molecule has 1 unspecified atom stereocenters. The normalized spacial score (nSPS) is 19.4. The number of aryl methyl sites for hydroxylation is 1. The maximum absolute atomic E-state index is 12.5. The summed E-state index contributed by atoms with van der Waals surface area (Å²) in [5, 5.41) is 0. The van der Waals surface area contributed by atoms with E-state index in [0.29, 0.717) is 11.8 Å². The van der Waals surface area contributed by atoms with Crippen molar-refractivity contribution in [3.05, 3.63) is 33.7 Å². The van der Waals surface area contributed by atoms with Crippen LogP contribution >= 0.6 is 0 Å². The predicted molar refractivity (Wildman–Crippen MR) is 79.9 cm³/mol. The van der Waals surface area contributed by atoms with Gasteiger partial charge in [-0.25, -0.2) is 0 Å². The maximum atomic E-state index is 12.5. The third kappa shape index (κ3) is 3.50. The van der Waals surface area contributed by atoms with Gasteiger partial charge < -0.3 is 9.88 Å². The molecule has 2 heterocycles. The van der Waals surface area contributed by atoms with E-state index in [4.69, 9.17) is 0 Å². The second kappa shape index (κ2) is 6.25. The van der Waals surface area contributed by atoms with Crippen molar-refractivity contribution in [3.63, 3.8) is 0 Å². The molecule has 1 aromatic heterocycles. The molecule has 1 aliphatic rings. The highest BCUT2D eigenvalue weighted by Gasteiger charge is 2.26. The van der Waals surface area contributed by atoms with E-state index in [9.17, 15) is 9.59 Å². The number of H-pyrrole nitrogens is 1. The highest BCUT2D eigenvalue weighted by Crippen LogP contribution is 2.23. The van der Waals surface area contributed by atoms with Crippen LogP contribution in [0.2, 0.25) is 0 Å². The van der Waals surface area contributed by atoms with E-state index in [1.165, 1.54) is 6.42 Å². The average molecular weight is 276 g/mol. The lowest BCUT2D eigenvalue weighted by Crippen LogP contribution is -2.42. The Morgan fingerprint density at radius 2 is 2.20 bits per heavy atom. The molecule has 1 atom stereocenters. The molecule has 1 aromatic rings. The van der Waals surface area contributed by atoms with Crippen LogP contribution in [-0.2, 0) is 0 Å². The van der Waals surface area contributed by atoms with Crippen LogP contribution < -0.4 is 5.56 Å². The Balaban J connectivity index is 2.10. The van der Waals surface area contributed by atoms with Gasteiger partial charge in [-0.05, 0) is 50.2 Å². The molecule has 1 amide bonds. The number of hydrogen-bond acceptors (Lipinski definition) is 2. The third-order valence-electron chi connectivity index (χ3n) is 3.90. The topological polar surface area (TPSA) is 53.2 Å². The van der Waals surface area contributed by atoms with Crippen molar-refractivity contribution < 1.29 is 4.79 Å². The number of rotatable bonds is 3. The van der Waals surface area contributed by atoms with Gasteiger partial charge in [0.05, 0.1) is 0 Å². The summed E-state index contributed by atoms with van der Waals surface area (Å²) in [6.45, 7) is 7.79. The van der Waals surface area contributed by atoms with Crippen molar-refractivity contribution in [1.82, 2.24) is 9.88 Å². The third-order valence-corrected chi connectivity index (χ3v) is 3.90. The number of amides is 1. The number of nitrogens with zero attached hydrogens (tertiary/aromatic N) is 1. The van der Waals surface area contributed by atoms with Crippen molar-refractivity contribution >= 4 is 5.91 Å². The van der Waals surface area contributed by atoms with Gasteiger partial charge in [0.25, 0.3) is 11.5 Å². The molecule has 20 heavy (non-hydrogen) atoms. The highest BCUT2D eigenvalue weighted by atomic mass is 16.2. The summed E-state index contributed by atoms with van der Waals surface area (Å²) < 4.78 is 0. The molecular formula is C16H24N2O2. The molecule has 1 saturated heterocycles. The lowest BCUT2D eigenvalue weighted by Gasteiger charge is -2.33. The number of carbonyl (C=O) groups excluding carboxylic acids is 1. The molecule has 0 bridgehead atoms. The van der Waals surface area contributed by atoms with Gasteiger partial charge in [-0.1, -0.05) is 13.8 Å². The Labute approximate surface area is 120 Å².